The molecule has 1 aromatic rings. The molecule has 6 heteroatoms. The number of hydrogen-bond donors (Lipinski definition) is 2. The SMILES string of the molecule is CCC(C)(C)NC(=O)C(C)N1CCC(C(=O)Nc2ccc(C)cn2)CC1. The Morgan fingerprint density at radius 1 is 1.31 bits per heavy atom. The maximum Gasteiger partial charge on any atom is 0.237 e. The number of pyridine rings is 1. The minimum absolute atomic E-state index is 0.0187. The Morgan fingerprint density at radius 2 is 1.96 bits per heavy atom. The van der Waals surface area contributed by atoms with Crippen LogP contribution in [0.1, 0.15) is 52.5 Å². The Hall–Kier alpha value is -1.95. The third-order valence-electron chi connectivity index (χ3n) is 5.34. The van der Waals surface area contributed by atoms with Gasteiger partial charge in [-0.15, -0.1) is 0 Å². The number of nitrogens with zero attached hydrogens (tertiary/aromatic N) is 2. The van der Waals surface area contributed by atoms with Crippen molar-refractivity contribution in [1.29, 1.82) is 0 Å². The number of nitrogens with one attached hydrogen (secondary N) is 2. The van der Waals surface area contributed by atoms with Crippen LogP contribution in [0.3, 0.4) is 0 Å². The van der Waals surface area contributed by atoms with E-state index in [9.17, 15) is 9.59 Å². The van der Waals surface area contributed by atoms with E-state index in [2.05, 4.69) is 27.4 Å². The van der Waals surface area contributed by atoms with Crippen LogP contribution in [0.2, 0.25) is 0 Å². The molecule has 1 aromatic heterocycles. The quantitative estimate of drug-likeness (QED) is 0.818. The van der Waals surface area contributed by atoms with Gasteiger partial charge in [-0.1, -0.05) is 13.0 Å². The Balaban J connectivity index is 1.83. The first kappa shape index (κ1) is 20.4. The van der Waals surface area contributed by atoms with Crippen molar-refractivity contribution in [3.8, 4) is 0 Å². The molecule has 1 fully saturated rings. The topological polar surface area (TPSA) is 74.3 Å². The monoisotopic (exact) mass is 360 g/mol. The second-order valence-corrected chi connectivity index (χ2v) is 7.92. The zero-order valence-electron chi connectivity index (χ0n) is 16.6. The summed E-state index contributed by atoms with van der Waals surface area (Å²) >= 11 is 0. The third-order valence-corrected chi connectivity index (χ3v) is 5.34. The zero-order chi connectivity index (χ0) is 19.3. The smallest absolute Gasteiger partial charge is 0.237 e. The van der Waals surface area contributed by atoms with E-state index in [1.54, 1.807) is 6.20 Å². The van der Waals surface area contributed by atoms with Gasteiger partial charge in [0, 0.05) is 17.7 Å². The van der Waals surface area contributed by atoms with Gasteiger partial charge in [0.25, 0.3) is 0 Å². The van der Waals surface area contributed by atoms with Crippen molar-refractivity contribution in [3.63, 3.8) is 0 Å². The summed E-state index contributed by atoms with van der Waals surface area (Å²) in [4.78, 5) is 31.3. The van der Waals surface area contributed by atoms with Crippen LogP contribution in [-0.2, 0) is 9.59 Å². The number of rotatable bonds is 6. The molecule has 1 saturated heterocycles. The third kappa shape index (κ3) is 5.53. The molecule has 26 heavy (non-hydrogen) atoms. The van der Waals surface area contributed by atoms with E-state index in [1.807, 2.05) is 39.8 Å². The first-order valence-corrected chi connectivity index (χ1v) is 9.51. The van der Waals surface area contributed by atoms with Crippen molar-refractivity contribution in [1.82, 2.24) is 15.2 Å². The molecule has 0 spiro atoms. The molecule has 0 bridgehead atoms. The Labute approximate surface area is 156 Å². The summed E-state index contributed by atoms with van der Waals surface area (Å²) in [5.41, 5.74) is 0.875. The number of anilines is 1. The molecule has 0 aromatic carbocycles. The fraction of sp³-hybridized carbons (Fsp3) is 0.650. The fourth-order valence-electron chi connectivity index (χ4n) is 3.01. The average molecular weight is 361 g/mol. The van der Waals surface area contributed by atoms with Crippen LogP contribution in [0.15, 0.2) is 18.3 Å². The fourth-order valence-corrected chi connectivity index (χ4v) is 3.01. The largest absolute Gasteiger partial charge is 0.350 e. The van der Waals surface area contributed by atoms with Gasteiger partial charge in [-0.3, -0.25) is 14.5 Å². The minimum Gasteiger partial charge on any atom is -0.350 e. The summed E-state index contributed by atoms with van der Waals surface area (Å²) in [7, 11) is 0. The highest BCUT2D eigenvalue weighted by atomic mass is 16.2. The highest BCUT2D eigenvalue weighted by Gasteiger charge is 2.31. The van der Waals surface area contributed by atoms with Crippen molar-refractivity contribution in [3.05, 3.63) is 23.9 Å². The van der Waals surface area contributed by atoms with E-state index >= 15 is 0 Å². The summed E-state index contributed by atoms with van der Waals surface area (Å²) < 4.78 is 0. The summed E-state index contributed by atoms with van der Waals surface area (Å²) in [6.45, 7) is 11.5. The maximum atomic E-state index is 12.5. The lowest BCUT2D eigenvalue weighted by atomic mass is 9.94. The zero-order valence-corrected chi connectivity index (χ0v) is 16.6. The van der Waals surface area contributed by atoms with Gasteiger partial charge in [0.1, 0.15) is 5.82 Å². The van der Waals surface area contributed by atoms with Crippen molar-refractivity contribution in [2.24, 2.45) is 5.92 Å². The number of hydrogen-bond acceptors (Lipinski definition) is 4. The van der Waals surface area contributed by atoms with Crippen LogP contribution in [0, 0.1) is 12.8 Å². The minimum atomic E-state index is -0.190. The first-order valence-electron chi connectivity index (χ1n) is 9.51. The Morgan fingerprint density at radius 3 is 2.50 bits per heavy atom. The van der Waals surface area contributed by atoms with Crippen LogP contribution < -0.4 is 10.6 Å². The number of piperidine rings is 1. The van der Waals surface area contributed by atoms with Gasteiger partial charge in [-0.05, 0) is 71.7 Å². The molecule has 2 N–H and O–H groups in total. The summed E-state index contributed by atoms with van der Waals surface area (Å²) in [5.74, 6) is 0.642. The lowest BCUT2D eigenvalue weighted by Gasteiger charge is -2.36. The Bertz CT molecular complexity index is 619. The molecule has 0 radical (unpaired) electrons. The summed E-state index contributed by atoms with van der Waals surface area (Å²) in [6, 6.07) is 3.58. The van der Waals surface area contributed by atoms with Crippen molar-refractivity contribution in [2.45, 2.75) is 65.5 Å². The van der Waals surface area contributed by atoms with E-state index in [1.165, 1.54) is 0 Å². The molecule has 1 unspecified atom stereocenters. The lowest BCUT2D eigenvalue weighted by Crippen LogP contribution is -2.53. The highest BCUT2D eigenvalue weighted by molar-refractivity contribution is 5.91. The van der Waals surface area contributed by atoms with Crippen LogP contribution in [-0.4, -0.2) is 46.4 Å². The van der Waals surface area contributed by atoms with E-state index in [-0.39, 0.29) is 29.3 Å². The van der Waals surface area contributed by atoms with E-state index in [0.29, 0.717) is 5.82 Å². The van der Waals surface area contributed by atoms with Crippen LogP contribution >= 0.6 is 0 Å². The van der Waals surface area contributed by atoms with E-state index < -0.39 is 0 Å². The van der Waals surface area contributed by atoms with Crippen molar-refractivity contribution < 1.29 is 9.59 Å². The molecule has 2 rings (SSSR count). The van der Waals surface area contributed by atoms with Crippen LogP contribution in [0.4, 0.5) is 5.82 Å². The number of carbonyl (C=O) groups excluding carboxylic acids is 2. The average Bonchev–Trinajstić information content (AvgIpc) is 2.62. The van der Waals surface area contributed by atoms with Crippen LogP contribution in [0.25, 0.3) is 0 Å². The molecule has 2 heterocycles. The number of amides is 2. The molecule has 0 aliphatic carbocycles. The predicted octanol–water partition coefficient (Wildman–Crippen LogP) is 2.73. The molecule has 1 aliphatic rings. The predicted molar refractivity (Wildman–Crippen MR) is 104 cm³/mol. The van der Waals surface area contributed by atoms with Gasteiger partial charge in [-0.25, -0.2) is 4.98 Å². The second-order valence-electron chi connectivity index (χ2n) is 7.92. The van der Waals surface area contributed by atoms with E-state index in [0.717, 1.165) is 37.9 Å². The maximum absolute atomic E-state index is 12.5. The van der Waals surface area contributed by atoms with Gasteiger partial charge < -0.3 is 10.6 Å². The first-order chi connectivity index (χ1) is 12.2. The van der Waals surface area contributed by atoms with E-state index in [4.69, 9.17) is 0 Å². The standard InChI is InChI=1S/C20H32N4O2/c1-6-20(4,5)23-18(25)15(3)24-11-9-16(10-12-24)19(26)22-17-8-7-14(2)13-21-17/h7-8,13,15-16H,6,9-12H2,1-5H3,(H,23,25)(H,21,22,26). The molecule has 6 nitrogen and oxygen atoms in total. The normalized spacial score (nSPS) is 17.6. The lowest BCUT2D eigenvalue weighted by molar-refractivity contribution is -0.128. The summed E-state index contributed by atoms with van der Waals surface area (Å²) in [5, 5.41) is 6.00. The summed E-state index contributed by atoms with van der Waals surface area (Å²) in [6.07, 6.45) is 4.15. The molecular formula is C20H32N4O2. The van der Waals surface area contributed by atoms with Crippen LogP contribution in [0.5, 0.6) is 0 Å². The Kier molecular flexibility index (Phi) is 6.75. The van der Waals surface area contributed by atoms with Crippen molar-refractivity contribution in [2.75, 3.05) is 18.4 Å². The molecule has 2 amide bonds. The molecule has 1 atom stereocenters. The van der Waals surface area contributed by atoms with Crippen molar-refractivity contribution >= 4 is 17.6 Å². The van der Waals surface area contributed by atoms with Gasteiger partial charge in [-0.2, -0.15) is 0 Å². The van der Waals surface area contributed by atoms with Gasteiger partial charge in [0.2, 0.25) is 11.8 Å². The van der Waals surface area contributed by atoms with Gasteiger partial charge >= 0.3 is 0 Å². The number of likely N-dealkylation sites (tertiary alicyclic amines) is 1. The molecule has 144 valence electrons. The molecule has 1 aliphatic heterocycles. The number of carbonyl (C=O) groups is 2. The molecule has 0 saturated carbocycles. The van der Waals surface area contributed by atoms with Gasteiger partial charge in [0.15, 0.2) is 0 Å². The number of aromatic nitrogens is 1. The van der Waals surface area contributed by atoms with Gasteiger partial charge in [0.05, 0.1) is 6.04 Å². The second kappa shape index (κ2) is 8.62. The highest BCUT2D eigenvalue weighted by Crippen LogP contribution is 2.21. The molecular weight excluding hydrogens is 328 g/mol. The number of aryl methyl sites for hydroxylation is 1.